The van der Waals surface area contributed by atoms with Crippen LogP contribution in [0.25, 0.3) is 11.3 Å². The minimum atomic E-state index is -0.492. The zero-order chi connectivity index (χ0) is 22.5. The van der Waals surface area contributed by atoms with Gasteiger partial charge in [-0.3, -0.25) is 4.79 Å². The second-order valence-corrected chi connectivity index (χ2v) is 8.35. The third-order valence-corrected chi connectivity index (χ3v) is 5.73. The molecule has 1 saturated carbocycles. The molecule has 1 aliphatic carbocycles. The fourth-order valence-corrected chi connectivity index (χ4v) is 3.74. The number of carbonyl (C=O) groups excluding carboxylic acids is 1. The van der Waals surface area contributed by atoms with Crippen LogP contribution in [-0.2, 0) is 0 Å². The molecule has 4 rings (SSSR count). The lowest BCUT2D eigenvalue weighted by atomic mass is 10.1. The number of rotatable bonds is 10. The summed E-state index contributed by atoms with van der Waals surface area (Å²) in [7, 11) is 0. The lowest BCUT2D eigenvalue weighted by Gasteiger charge is -2.16. The van der Waals surface area contributed by atoms with Crippen molar-refractivity contribution in [3.63, 3.8) is 0 Å². The van der Waals surface area contributed by atoms with Crippen LogP contribution in [0.5, 0.6) is 0 Å². The van der Waals surface area contributed by atoms with E-state index in [4.69, 9.17) is 0 Å². The first-order valence-electron chi connectivity index (χ1n) is 10.9. The van der Waals surface area contributed by atoms with Crippen LogP contribution in [0.1, 0.15) is 46.9 Å². The van der Waals surface area contributed by atoms with E-state index in [1.807, 2.05) is 37.3 Å². The van der Waals surface area contributed by atoms with Gasteiger partial charge in [0.1, 0.15) is 5.69 Å². The molecule has 2 unspecified atom stereocenters. The van der Waals surface area contributed by atoms with Gasteiger partial charge in [-0.1, -0.05) is 43.2 Å². The van der Waals surface area contributed by atoms with Gasteiger partial charge in [-0.25, -0.2) is 9.97 Å². The molecule has 1 fully saturated rings. The second kappa shape index (κ2) is 9.93. The molecule has 168 valence electrons. The molecule has 3 aromatic rings. The molecule has 2 atom stereocenters. The number of aliphatic hydroxyl groups is 2. The molecule has 5 N–H and O–H groups in total. The Kier molecular flexibility index (Phi) is 6.82. The summed E-state index contributed by atoms with van der Waals surface area (Å²) in [6, 6.07) is 10.5. The average Bonchev–Trinajstić information content (AvgIpc) is 3.50. The first-order chi connectivity index (χ1) is 15.6. The molecule has 1 amide bonds. The van der Waals surface area contributed by atoms with Crippen LogP contribution in [0.3, 0.4) is 0 Å². The third-order valence-electron chi connectivity index (χ3n) is 5.73. The summed E-state index contributed by atoms with van der Waals surface area (Å²) in [4.78, 5) is 24.7. The molecule has 0 bridgehead atoms. The number of nitrogens with zero attached hydrogens (tertiary/aromatic N) is 2. The standard InChI is InChI=1S/C24H29N5O3/c1-15-11-26-24(27-19(13-30)9-16-7-8-16)29-22(15)18-10-20(25-12-18)23(32)28-21(14-31)17-5-3-2-4-6-17/h2-6,10-12,16,19,21,25,30-31H,7-9,13-14H2,1H3,(H,28,32)(H,26,27,29). The summed E-state index contributed by atoms with van der Waals surface area (Å²) in [6.45, 7) is 1.75. The summed E-state index contributed by atoms with van der Waals surface area (Å²) in [5, 5.41) is 25.5. The normalized spacial score (nSPS) is 15.2. The highest BCUT2D eigenvalue weighted by molar-refractivity contribution is 5.94. The smallest absolute Gasteiger partial charge is 0.268 e. The molecule has 0 aliphatic heterocycles. The highest BCUT2D eigenvalue weighted by atomic mass is 16.3. The Balaban J connectivity index is 1.48. The van der Waals surface area contributed by atoms with Crippen molar-refractivity contribution in [3.8, 4) is 11.3 Å². The number of aromatic amines is 1. The average molecular weight is 436 g/mol. The van der Waals surface area contributed by atoms with E-state index in [1.165, 1.54) is 12.8 Å². The van der Waals surface area contributed by atoms with E-state index in [0.717, 1.165) is 23.1 Å². The maximum atomic E-state index is 12.8. The van der Waals surface area contributed by atoms with Crippen LogP contribution in [0.2, 0.25) is 0 Å². The zero-order valence-electron chi connectivity index (χ0n) is 18.1. The Labute approximate surface area is 187 Å². The van der Waals surface area contributed by atoms with E-state index < -0.39 is 6.04 Å². The van der Waals surface area contributed by atoms with Gasteiger partial charge in [-0.2, -0.15) is 0 Å². The summed E-state index contributed by atoms with van der Waals surface area (Å²) in [6.07, 6.45) is 6.81. The molecular weight excluding hydrogens is 406 g/mol. The van der Waals surface area contributed by atoms with Crippen LogP contribution < -0.4 is 10.6 Å². The fraction of sp³-hybridized carbons (Fsp3) is 0.375. The quantitative estimate of drug-likeness (QED) is 0.334. The summed E-state index contributed by atoms with van der Waals surface area (Å²) < 4.78 is 0. The SMILES string of the molecule is Cc1cnc(NC(CO)CC2CC2)nc1-c1c[nH]c(C(=O)NC(CO)c2ccccc2)c1. The summed E-state index contributed by atoms with van der Waals surface area (Å²) in [5.41, 5.74) is 3.57. The van der Waals surface area contributed by atoms with E-state index >= 15 is 0 Å². The largest absolute Gasteiger partial charge is 0.394 e. The van der Waals surface area contributed by atoms with Crippen molar-refractivity contribution in [3.05, 3.63) is 65.6 Å². The minimum absolute atomic E-state index is 0.0327. The Hall–Kier alpha value is -3.23. The first-order valence-corrected chi connectivity index (χ1v) is 10.9. The van der Waals surface area contributed by atoms with Crippen molar-refractivity contribution in [2.75, 3.05) is 18.5 Å². The lowest BCUT2D eigenvalue weighted by molar-refractivity contribution is 0.0911. The molecule has 8 heteroatoms. The zero-order valence-corrected chi connectivity index (χ0v) is 18.1. The second-order valence-electron chi connectivity index (χ2n) is 8.35. The van der Waals surface area contributed by atoms with Crippen molar-refractivity contribution in [1.29, 1.82) is 0 Å². The number of aromatic nitrogens is 3. The minimum Gasteiger partial charge on any atom is -0.394 e. The van der Waals surface area contributed by atoms with Crippen LogP contribution in [0, 0.1) is 12.8 Å². The van der Waals surface area contributed by atoms with Crippen molar-refractivity contribution in [1.82, 2.24) is 20.3 Å². The van der Waals surface area contributed by atoms with Gasteiger partial charge in [0.05, 0.1) is 31.0 Å². The van der Waals surface area contributed by atoms with Gasteiger partial charge < -0.3 is 25.8 Å². The number of anilines is 1. The Morgan fingerprint density at radius 1 is 1.22 bits per heavy atom. The summed E-state index contributed by atoms with van der Waals surface area (Å²) >= 11 is 0. The number of nitrogens with one attached hydrogen (secondary N) is 3. The number of aryl methyl sites for hydroxylation is 1. The summed E-state index contributed by atoms with van der Waals surface area (Å²) in [5.74, 6) is 0.824. The number of aliphatic hydroxyl groups excluding tert-OH is 2. The maximum Gasteiger partial charge on any atom is 0.268 e. The highest BCUT2D eigenvalue weighted by Crippen LogP contribution is 2.34. The van der Waals surface area contributed by atoms with Gasteiger partial charge >= 0.3 is 0 Å². The molecular formula is C24H29N5O3. The van der Waals surface area contributed by atoms with E-state index in [-0.39, 0.29) is 25.2 Å². The number of benzene rings is 1. The fourth-order valence-electron chi connectivity index (χ4n) is 3.74. The van der Waals surface area contributed by atoms with Gasteiger partial charge in [0.2, 0.25) is 5.95 Å². The van der Waals surface area contributed by atoms with E-state index in [1.54, 1.807) is 18.5 Å². The predicted molar refractivity (Wildman–Crippen MR) is 122 cm³/mol. The Morgan fingerprint density at radius 3 is 2.69 bits per heavy atom. The van der Waals surface area contributed by atoms with E-state index in [9.17, 15) is 15.0 Å². The number of H-pyrrole nitrogens is 1. The van der Waals surface area contributed by atoms with Crippen molar-refractivity contribution < 1.29 is 15.0 Å². The topological polar surface area (TPSA) is 123 Å². The number of hydrogen-bond donors (Lipinski definition) is 5. The van der Waals surface area contributed by atoms with Crippen molar-refractivity contribution >= 4 is 11.9 Å². The van der Waals surface area contributed by atoms with E-state index in [0.29, 0.717) is 23.3 Å². The number of hydrogen-bond acceptors (Lipinski definition) is 6. The van der Waals surface area contributed by atoms with Gasteiger partial charge in [0.15, 0.2) is 0 Å². The number of amides is 1. The lowest BCUT2D eigenvalue weighted by Crippen LogP contribution is -2.30. The van der Waals surface area contributed by atoms with Gasteiger partial charge in [-0.05, 0) is 36.5 Å². The van der Waals surface area contributed by atoms with Crippen LogP contribution >= 0.6 is 0 Å². The van der Waals surface area contributed by atoms with Gasteiger partial charge in [0.25, 0.3) is 5.91 Å². The monoisotopic (exact) mass is 435 g/mol. The predicted octanol–water partition coefficient (Wildman–Crippen LogP) is 2.82. The molecule has 1 aromatic carbocycles. The Morgan fingerprint density at radius 2 is 2.00 bits per heavy atom. The first kappa shape index (κ1) is 22.0. The maximum absolute atomic E-state index is 12.8. The Bertz CT molecular complexity index is 1050. The molecule has 2 heterocycles. The van der Waals surface area contributed by atoms with Crippen molar-refractivity contribution in [2.24, 2.45) is 5.92 Å². The van der Waals surface area contributed by atoms with Crippen LogP contribution in [0.15, 0.2) is 48.8 Å². The molecule has 0 saturated heterocycles. The van der Waals surface area contributed by atoms with Crippen molar-refractivity contribution in [2.45, 2.75) is 38.3 Å². The van der Waals surface area contributed by atoms with Gasteiger partial charge in [0, 0.05) is 18.0 Å². The molecule has 0 radical (unpaired) electrons. The molecule has 8 nitrogen and oxygen atoms in total. The molecule has 0 spiro atoms. The molecule has 2 aromatic heterocycles. The van der Waals surface area contributed by atoms with Crippen LogP contribution in [-0.4, -0.2) is 50.3 Å². The molecule has 32 heavy (non-hydrogen) atoms. The molecule has 1 aliphatic rings. The number of carbonyl (C=O) groups is 1. The highest BCUT2D eigenvalue weighted by Gasteiger charge is 2.25. The van der Waals surface area contributed by atoms with E-state index in [2.05, 4.69) is 25.6 Å². The van der Waals surface area contributed by atoms with Crippen LogP contribution in [0.4, 0.5) is 5.95 Å². The van der Waals surface area contributed by atoms with Gasteiger partial charge in [-0.15, -0.1) is 0 Å². The third kappa shape index (κ3) is 5.33.